The molecule has 112 valence electrons. The van der Waals surface area contributed by atoms with E-state index in [4.69, 9.17) is 4.42 Å². The number of aromatic nitrogens is 2. The summed E-state index contributed by atoms with van der Waals surface area (Å²) in [6.45, 7) is 5.39. The molecular formula is C15H19N3O2S. The molecular weight excluding hydrogens is 286 g/mol. The molecule has 0 N–H and O–H groups in total. The zero-order valence-electron chi connectivity index (χ0n) is 12.3. The maximum atomic E-state index is 12.1. The molecule has 0 radical (unpaired) electrons. The Morgan fingerprint density at radius 3 is 3.05 bits per heavy atom. The molecule has 1 fully saturated rings. The molecule has 0 spiro atoms. The Morgan fingerprint density at radius 2 is 2.33 bits per heavy atom. The summed E-state index contributed by atoms with van der Waals surface area (Å²) in [4.78, 5) is 15.0. The lowest BCUT2D eigenvalue weighted by Gasteiger charge is -2.32. The molecule has 2 aromatic heterocycles. The van der Waals surface area contributed by atoms with Crippen LogP contribution >= 0.6 is 11.3 Å². The molecule has 1 amide bonds. The van der Waals surface area contributed by atoms with Crippen molar-refractivity contribution in [2.24, 2.45) is 5.92 Å². The molecule has 0 saturated carbocycles. The third-order valence-corrected chi connectivity index (χ3v) is 4.61. The van der Waals surface area contributed by atoms with Crippen molar-refractivity contribution in [3.05, 3.63) is 23.4 Å². The van der Waals surface area contributed by atoms with Crippen LogP contribution in [0.1, 0.15) is 38.5 Å². The minimum absolute atomic E-state index is 0.0353. The largest absolute Gasteiger partial charge is 0.420 e. The normalized spacial score (nSPS) is 19.2. The quantitative estimate of drug-likeness (QED) is 0.874. The van der Waals surface area contributed by atoms with Gasteiger partial charge < -0.3 is 9.32 Å². The summed E-state index contributed by atoms with van der Waals surface area (Å²) in [5.41, 5.74) is 0. The molecule has 1 atom stereocenters. The van der Waals surface area contributed by atoms with Crippen LogP contribution in [0.5, 0.6) is 0 Å². The summed E-state index contributed by atoms with van der Waals surface area (Å²) < 4.78 is 5.81. The highest BCUT2D eigenvalue weighted by Crippen LogP contribution is 2.30. The summed E-state index contributed by atoms with van der Waals surface area (Å²) in [5, 5.41) is 10.3. The maximum absolute atomic E-state index is 12.1. The van der Waals surface area contributed by atoms with Gasteiger partial charge in [0.1, 0.15) is 0 Å². The number of likely N-dealkylation sites (tertiary alicyclic amines) is 1. The summed E-state index contributed by atoms with van der Waals surface area (Å²) in [7, 11) is 0. The van der Waals surface area contributed by atoms with Gasteiger partial charge in [0.05, 0.1) is 10.8 Å². The van der Waals surface area contributed by atoms with Gasteiger partial charge in [-0.25, -0.2) is 0 Å². The fourth-order valence-corrected chi connectivity index (χ4v) is 3.29. The molecule has 1 saturated heterocycles. The minimum atomic E-state index is 0.0353. The molecule has 0 aliphatic carbocycles. The molecule has 0 unspecified atom stereocenters. The van der Waals surface area contributed by atoms with Gasteiger partial charge >= 0.3 is 0 Å². The van der Waals surface area contributed by atoms with Gasteiger partial charge in [-0.3, -0.25) is 4.79 Å². The van der Waals surface area contributed by atoms with E-state index in [-0.39, 0.29) is 17.7 Å². The number of hydrogen-bond acceptors (Lipinski definition) is 5. The lowest BCUT2D eigenvalue weighted by Crippen LogP contribution is -2.41. The lowest BCUT2D eigenvalue weighted by molar-refractivity contribution is -0.135. The number of rotatable bonds is 3. The van der Waals surface area contributed by atoms with Crippen molar-refractivity contribution in [1.82, 2.24) is 15.1 Å². The van der Waals surface area contributed by atoms with E-state index in [1.807, 2.05) is 36.3 Å². The zero-order chi connectivity index (χ0) is 14.8. The predicted molar refractivity (Wildman–Crippen MR) is 81.0 cm³/mol. The lowest BCUT2D eigenvalue weighted by atomic mass is 9.97. The standard InChI is InChI=1S/C15H19N3O2S/c1-10(2)15(19)18-7-3-5-11(9-18)13-16-17-14(20-13)12-6-4-8-21-12/h4,6,8,10-11H,3,5,7,9H2,1-2H3/t11-/m0/s1. The van der Waals surface area contributed by atoms with E-state index in [1.54, 1.807) is 11.3 Å². The molecule has 6 heteroatoms. The van der Waals surface area contributed by atoms with Crippen molar-refractivity contribution in [2.75, 3.05) is 13.1 Å². The molecule has 1 aliphatic heterocycles. The Bertz CT molecular complexity index is 606. The number of piperidine rings is 1. The summed E-state index contributed by atoms with van der Waals surface area (Å²) in [6.07, 6.45) is 1.98. The fourth-order valence-electron chi connectivity index (χ4n) is 2.64. The number of amides is 1. The van der Waals surface area contributed by atoms with Crippen molar-refractivity contribution in [2.45, 2.75) is 32.6 Å². The van der Waals surface area contributed by atoms with Gasteiger partial charge in [0.2, 0.25) is 11.8 Å². The average Bonchev–Trinajstić information content (AvgIpc) is 3.17. The van der Waals surface area contributed by atoms with E-state index >= 15 is 0 Å². The summed E-state index contributed by atoms with van der Waals surface area (Å²) >= 11 is 1.58. The maximum Gasteiger partial charge on any atom is 0.257 e. The van der Waals surface area contributed by atoms with Gasteiger partial charge in [0.25, 0.3) is 5.89 Å². The average molecular weight is 305 g/mol. The first kappa shape index (κ1) is 14.3. The first-order valence-electron chi connectivity index (χ1n) is 7.31. The molecule has 3 rings (SSSR count). The van der Waals surface area contributed by atoms with E-state index < -0.39 is 0 Å². The number of thiophene rings is 1. The van der Waals surface area contributed by atoms with Crippen LogP contribution in [-0.4, -0.2) is 34.1 Å². The van der Waals surface area contributed by atoms with Gasteiger partial charge in [-0.2, -0.15) is 0 Å². The third kappa shape index (κ3) is 3.00. The van der Waals surface area contributed by atoms with Gasteiger partial charge in [-0.05, 0) is 24.3 Å². The molecule has 5 nitrogen and oxygen atoms in total. The summed E-state index contributed by atoms with van der Waals surface area (Å²) in [6, 6.07) is 3.94. The molecule has 0 aromatic carbocycles. The second-order valence-electron chi connectivity index (χ2n) is 5.70. The first-order chi connectivity index (χ1) is 10.1. The Balaban J connectivity index is 1.73. The van der Waals surface area contributed by atoms with E-state index in [0.717, 1.165) is 24.3 Å². The molecule has 21 heavy (non-hydrogen) atoms. The van der Waals surface area contributed by atoms with Crippen LogP contribution in [0.4, 0.5) is 0 Å². The van der Waals surface area contributed by atoms with Crippen molar-refractivity contribution in [3.8, 4) is 10.8 Å². The first-order valence-corrected chi connectivity index (χ1v) is 8.19. The Labute approximate surface area is 128 Å². The molecule has 0 bridgehead atoms. The van der Waals surface area contributed by atoms with Crippen LogP contribution in [-0.2, 0) is 4.79 Å². The Kier molecular flexibility index (Phi) is 4.05. The highest BCUT2D eigenvalue weighted by atomic mass is 32.1. The SMILES string of the molecule is CC(C)C(=O)N1CCC[C@H](c2nnc(-c3cccs3)o2)C1. The van der Waals surface area contributed by atoms with Crippen LogP contribution in [0.25, 0.3) is 10.8 Å². The highest BCUT2D eigenvalue weighted by molar-refractivity contribution is 7.13. The number of carbonyl (C=O) groups is 1. The van der Waals surface area contributed by atoms with Crippen LogP contribution < -0.4 is 0 Å². The van der Waals surface area contributed by atoms with Gasteiger partial charge in [-0.15, -0.1) is 21.5 Å². The van der Waals surface area contributed by atoms with Gasteiger partial charge in [0.15, 0.2) is 0 Å². The Morgan fingerprint density at radius 1 is 1.48 bits per heavy atom. The van der Waals surface area contributed by atoms with Crippen molar-refractivity contribution >= 4 is 17.2 Å². The molecule has 3 heterocycles. The van der Waals surface area contributed by atoms with E-state index in [0.29, 0.717) is 18.3 Å². The predicted octanol–water partition coefficient (Wildman–Crippen LogP) is 3.16. The van der Waals surface area contributed by atoms with E-state index in [1.165, 1.54) is 0 Å². The van der Waals surface area contributed by atoms with Crippen molar-refractivity contribution in [3.63, 3.8) is 0 Å². The topological polar surface area (TPSA) is 59.2 Å². The highest BCUT2D eigenvalue weighted by Gasteiger charge is 2.29. The third-order valence-electron chi connectivity index (χ3n) is 3.75. The van der Waals surface area contributed by atoms with Gasteiger partial charge in [0, 0.05) is 19.0 Å². The van der Waals surface area contributed by atoms with Crippen LogP contribution in [0.2, 0.25) is 0 Å². The smallest absolute Gasteiger partial charge is 0.257 e. The van der Waals surface area contributed by atoms with Gasteiger partial charge in [-0.1, -0.05) is 19.9 Å². The number of hydrogen-bond donors (Lipinski definition) is 0. The van der Waals surface area contributed by atoms with Crippen LogP contribution in [0.15, 0.2) is 21.9 Å². The van der Waals surface area contributed by atoms with E-state index in [2.05, 4.69) is 10.2 Å². The second kappa shape index (κ2) is 5.97. The Hall–Kier alpha value is -1.69. The zero-order valence-corrected chi connectivity index (χ0v) is 13.1. The number of carbonyl (C=O) groups excluding carboxylic acids is 1. The minimum Gasteiger partial charge on any atom is -0.420 e. The van der Waals surface area contributed by atoms with Crippen molar-refractivity contribution in [1.29, 1.82) is 0 Å². The van der Waals surface area contributed by atoms with Crippen LogP contribution in [0.3, 0.4) is 0 Å². The van der Waals surface area contributed by atoms with Crippen molar-refractivity contribution < 1.29 is 9.21 Å². The van der Waals surface area contributed by atoms with Crippen LogP contribution in [0, 0.1) is 5.92 Å². The molecule has 1 aliphatic rings. The molecule has 2 aromatic rings. The fraction of sp³-hybridized carbons (Fsp3) is 0.533. The second-order valence-corrected chi connectivity index (χ2v) is 6.65. The summed E-state index contributed by atoms with van der Waals surface area (Å²) in [5.74, 6) is 1.63. The van der Waals surface area contributed by atoms with E-state index in [9.17, 15) is 4.79 Å². The number of nitrogens with zero attached hydrogens (tertiary/aromatic N) is 3. The monoisotopic (exact) mass is 305 g/mol.